The van der Waals surface area contributed by atoms with Crippen molar-refractivity contribution in [2.24, 2.45) is 0 Å². The predicted octanol–water partition coefficient (Wildman–Crippen LogP) is 4.04. The molecule has 1 N–H and O–H groups in total. The molecular weight excluding hydrogens is 336 g/mol. The van der Waals surface area contributed by atoms with E-state index in [1.165, 1.54) is 16.7 Å². The normalized spacial score (nSPS) is 17.0. The van der Waals surface area contributed by atoms with Gasteiger partial charge in [-0.2, -0.15) is 0 Å². The lowest BCUT2D eigenvalue weighted by atomic mass is 9.84. The number of methoxy groups -OCH3 is 1. The van der Waals surface area contributed by atoms with Crippen LogP contribution < -0.4 is 14.8 Å². The fraction of sp³-hybridized carbons (Fsp3) is 0.478. The van der Waals surface area contributed by atoms with Crippen LogP contribution in [0.1, 0.15) is 42.9 Å². The van der Waals surface area contributed by atoms with E-state index in [4.69, 9.17) is 9.47 Å². The molecule has 0 aliphatic carbocycles. The molecule has 0 aromatic heterocycles. The van der Waals surface area contributed by atoms with Crippen molar-refractivity contribution in [1.29, 1.82) is 0 Å². The molecule has 0 amide bonds. The fourth-order valence-corrected chi connectivity index (χ4v) is 3.69. The molecule has 0 bridgehead atoms. The van der Waals surface area contributed by atoms with Crippen molar-refractivity contribution < 1.29 is 9.47 Å². The van der Waals surface area contributed by atoms with Crippen molar-refractivity contribution in [2.75, 3.05) is 33.9 Å². The van der Waals surface area contributed by atoms with E-state index in [9.17, 15) is 0 Å². The Bertz CT molecular complexity index is 728. The van der Waals surface area contributed by atoms with E-state index < -0.39 is 0 Å². The molecule has 0 radical (unpaired) electrons. The topological polar surface area (TPSA) is 33.7 Å². The van der Waals surface area contributed by atoms with E-state index in [2.05, 4.69) is 61.4 Å². The minimum absolute atomic E-state index is 0.383. The molecule has 1 heterocycles. The third-order valence-corrected chi connectivity index (χ3v) is 5.08. The second kappa shape index (κ2) is 9.25. The van der Waals surface area contributed by atoms with E-state index in [0.29, 0.717) is 12.0 Å². The molecule has 146 valence electrons. The Labute approximate surface area is 163 Å². The second-order valence-corrected chi connectivity index (χ2v) is 7.69. The number of rotatable bonds is 8. The van der Waals surface area contributed by atoms with Crippen molar-refractivity contribution in [2.45, 2.75) is 38.8 Å². The van der Waals surface area contributed by atoms with Crippen LogP contribution in [0.5, 0.6) is 11.5 Å². The van der Waals surface area contributed by atoms with Crippen LogP contribution in [0.15, 0.2) is 42.5 Å². The average Bonchev–Trinajstić information content (AvgIpc) is 2.66. The monoisotopic (exact) mass is 368 g/mol. The Kier molecular flexibility index (Phi) is 6.75. The van der Waals surface area contributed by atoms with Crippen LogP contribution in [0.2, 0.25) is 0 Å². The van der Waals surface area contributed by atoms with Crippen LogP contribution in [0.4, 0.5) is 0 Å². The third kappa shape index (κ3) is 5.24. The first kappa shape index (κ1) is 19.7. The maximum atomic E-state index is 5.99. The zero-order chi connectivity index (χ0) is 19.2. The first-order valence-electron chi connectivity index (χ1n) is 9.88. The van der Waals surface area contributed by atoms with E-state index in [1.807, 2.05) is 12.1 Å². The van der Waals surface area contributed by atoms with Crippen molar-refractivity contribution >= 4 is 0 Å². The molecule has 27 heavy (non-hydrogen) atoms. The molecular formula is C23H32N2O2. The molecule has 0 spiro atoms. The van der Waals surface area contributed by atoms with Gasteiger partial charge in [-0.1, -0.05) is 32.0 Å². The number of ether oxygens (including phenoxy) is 2. The molecule has 0 fully saturated rings. The Morgan fingerprint density at radius 1 is 1.11 bits per heavy atom. The summed E-state index contributed by atoms with van der Waals surface area (Å²) in [5, 5.41) is 3.42. The van der Waals surface area contributed by atoms with Gasteiger partial charge < -0.3 is 19.7 Å². The Morgan fingerprint density at radius 2 is 1.85 bits per heavy atom. The molecule has 2 aromatic rings. The molecule has 1 aliphatic rings. The van der Waals surface area contributed by atoms with Gasteiger partial charge in [-0.25, -0.2) is 0 Å². The first-order valence-corrected chi connectivity index (χ1v) is 9.88. The van der Waals surface area contributed by atoms with Gasteiger partial charge in [0.25, 0.3) is 0 Å². The van der Waals surface area contributed by atoms with E-state index in [1.54, 1.807) is 7.11 Å². The zero-order valence-corrected chi connectivity index (χ0v) is 17.0. The van der Waals surface area contributed by atoms with Crippen LogP contribution in [0.25, 0.3) is 0 Å². The number of fused-ring (bicyclic) bond motifs is 1. The molecule has 1 unspecified atom stereocenters. The lowest BCUT2D eigenvalue weighted by Crippen LogP contribution is -2.31. The van der Waals surface area contributed by atoms with Gasteiger partial charge in [0.05, 0.1) is 13.7 Å². The highest BCUT2D eigenvalue weighted by atomic mass is 16.5. The highest BCUT2D eigenvalue weighted by Crippen LogP contribution is 2.35. The van der Waals surface area contributed by atoms with Crippen molar-refractivity contribution in [3.05, 3.63) is 59.2 Å². The summed E-state index contributed by atoms with van der Waals surface area (Å²) in [6.45, 7) is 8.07. The van der Waals surface area contributed by atoms with E-state index in [0.717, 1.165) is 44.2 Å². The lowest BCUT2D eigenvalue weighted by molar-refractivity contribution is 0.288. The predicted molar refractivity (Wildman–Crippen MR) is 111 cm³/mol. The molecule has 0 saturated heterocycles. The van der Waals surface area contributed by atoms with Crippen molar-refractivity contribution in [3.63, 3.8) is 0 Å². The Hall–Kier alpha value is -2.04. The van der Waals surface area contributed by atoms with Gasteiger partial charge >= 0.3 is 0 Å². The second-order valence-electron chi connectivity index (χ2n) is 7.69. The van der Waals surface area contributed by atoms with Gasteiger partial charge in [0.2, 0.25) is 0 Å². The molecule has 1 aliphatic heterocycles. The molecule has 4 nitrogen and oxygen atoms in total. The Balaban J connectivity index is 1.69. The summed E-state index contributed by atoms with van der Waals surface area (Å²) in [7, 11) is 3.89. The van der Waals surface area contributed by atoms with Crippen LogP contribution in [-0.4, -0.2) is 44.8 Å². The van der Waals surface area contributed by atoms with E-state index in [-0.39, 0.29) is 0 Å². The van der Waals surface area contributed by atoms with Gasteiger partial charge in [0, 0.05) is 25.0 Å². The van der Waals surface area contributed by atoms with Gasteiger partial charge in [0.15, 0.2) is 0 Å². The van der Waals surface area contributed by atoms with Crippen molar-refractivity contribution in [3.8, 4) is 11.5 Å². The maximum Gasteiger partial charge on any atom is 0.119 e. The number of nitrogens with one attached hydrogen (secondary N) is 1. The maximum absolute atomic E-state index is 5.99. The number of hydrogen-bond acceptors (Lipinski definition) is 4. The molecule has 1 atom stereocenters. The summed E-state index contributed by atoms with van der Waals surface area (Å²) in [5.41, 5.74) is 4.10. The van der Waals surface area contributed by atoms with Crippen molar-refractivity contribution in [1.82, 2.24) is 10.2 Å². The summed E-state index contributed by atoms with van der Waals surface area (Å²) >= 11 is 0. The highest BCUT2D eigenvalue weighted by molar-refractivity contribution is 5.45. The number of hydrogen-bond donors (Lipinski definition) is 1. The van der Waals surface area contributed by atoms with Crippen LogP contribution in [0, 0.1) is 0 Å². The lowest BCUT2D eigenvalue weighted by Gasteiger charge is -2.33. The smallest absolute Gasteiger partial charge is 0.119 e. The SMILES string of the molecule is COc1ccc(C2CN(C)Cc3cc(OCCCNC(C)C)ccc32)cc1. The number of likely N-dealkylation sites (N-methyl/N-ethyl adjacent to an activating group) is 1. The number of benzene rings is 2. The summed E-state index contributed by atoms with van der Waals surface area (Å²) in [6.07, 6.45) is 1.02. The fourth-order valence-electron chi connectivity index (χ4n) is 3.69. The van der Waals surface area contributed by atoms with E-state index >= 15 is 0 Å². The molecule has 2 aromatic carbocycles. The minimum atomic E-state index is 0.383. The molecule has 3 rings (SSSR count). The summed E-state index contributed by atoms with van der Waals surface area (Å²) in [6, 6.07) is 15.6. The van der Waals surface area contributed by atoms with Gasteiger partial charge in [-0.15, -0.1) is 0 Å². The first-order chi connectivity index (χ1) is 13.1. The molecule has 0 saturated carbocycles. The summed E-state index contributed by atoms with van der Waals surface area (Å²) in [4.78, 5) is 2.38. The summed E-state index contributed by atoms with van der Waals surface area (Å²) < 4.78 is 11.3. The Morgan fingerprint density at radius 3 is 2.56 bits per heavy atom. The van der Waals surface area contributed by atoms with Crippen LogP contribution in [0.3, 0.4) is 0 Å². The average molecular weight is 369 g/mol. The number of nitrogens with zero attached hydrogens (tertiary/aromatic N) is 1. The summed E-state index contributed by atoms with van der Waals surface area (Å²) in [5.74, 6) is 2.26. The quantitative estimate of drug-likeness (QED) is 0.713. The van der Waals surface area contributed by atoms with Crippen LogP contribution >= 0.6 is 0 Å². The minimum Gasteiger partial charge on any atom is -0.497 e. The zero-order valence-electron chi connectivity index (χ0n) is 17.0. The standard InChI is InChI=1S/C23H32N2O2/c1-17(2)24-12-5-13-27-21-10-11-22-19(14-21)15-25(3)16-23(22)18-6-8-20(26-4)9-7-18/h6-11,14,17,23-24H,5,12-13,15-16H2,1-4H3. The molecule has 4 heteroatoms. The van der Waals surface area contributed by atoms with Gasteiger partial charge in [0.1, 0.15) is 11.5 Å². The van der Waals surface area contributed by atoms with Crippen LogP contribution in [-0.2, 0) is 6.54 Å². The third-order valence-electron chi connectivity index (χ3n) is 5.08. The van der Waals surface area contributed by atoms with Gasteiger partial charge in [-0.05, 0) is 61.0 Å². The van der Waals surface area contributed by atoms with Gasteiger partial charge in [-0.3, -0.25) is 0 Å². The highest BCUT2D eigenvalue weighted by Gasteiger charge is 2.25. The largest absolute Gasteiger partial charge is 0.497 e.